The molecule has 0 bridgehead atoms. The molecule has 0 saturated carbocycles. The van der Waals surface area contributed by atoms with Crippen LogP contribution in [0, 0.1) is 11.8 Å². The molecule has 3 unspecified atom stereocenters. The summed E-state index contributed by atoms with van der Waals surface area (Å²) in [5.74, 6) is -6.18. The Balaban J connectivity index is 6.45. The Morgan fingerprint density at radius 3 is 0.670 bits per heavy atom. The van der Waals surface area contributed by atoms with Gasteiger partial charge >= 0.3 is 29.8 Å². The fourth-order valence-corrected chi connectivity index (χ4v) is 15.7. The monoisotopic (exact) mass is 1540 g/mol. The van der Waals surface area contributed by atoms with Crippen molar-refractivity contribution in [2.45, 2.75) is 554 Å². The van der Waals surface area contributed by atoms with Crippen LogP contribution in [0.5, 0.6) is 0 Å². The molecule has 10 heteroatoms. The molecule has 0 rings (SSSR count). The lowest BCUT2D eigenvalue weighted by atomic mass is 9.83. The van der Waals surface area contributed by atoms with E-state index in [1.54, 1.807) is 0 Å². The molecule has 0 aliphatic carbocycles. The fraction of sp³-hybridized carbons (Fsp3) is 0.929. The number of allylic oxidation sites excluding steroid dienone is 2. The van der Waals surface area contributed by atoms with Gasteiger partial charge in [0.15, 0.2) is 0 Å². The first-order chi connectivity index (χ1) is 53.7. The van der Waals surface area contributed by atoms with Gasteiger partial charge in [0.1, 0.15) is 12.0 Å². The van der Waals surface area contributed by atoms with Crippen molar-refractivity contribution in [3.05, 3.63) is 12.2 Å². The summed E-state index contributed by atoms with van der Waals surface area (Å²) in [5, 5.41) is 0. The van der Waals surface area contributed by atoms with E-state index in [1.165, 1.54) is 347 Å². The number of carbonyl (C=O) groups is 5. The van der Waals surface area contributed by atoms with E-state index in [-0.39, 0.29) is 32.8 Å². The van der Waals surface area contributed by atoms with Gasteiger partial charge in [-0.2, -0.15) is 0 Å². The molecule has 0 amide bonds. The van der Waals surface area contributed by atoms with Crippen molar-refractivity contribution in [3.8, 4) is 0 Å². The van der Waals surface area contributed by atoms with Crippen molar-refractivity contribution in [3.63, 3.8) is 0 Å². The molecule has 0 radical (unpaired) electrons. The van der Waals surface area contributed by atoms with Crippen LogP contribution in [0.3, 0.4) is 0 Å². The summed E-state index contributed by atoms with van der Waals surface area (Å²) in [4.78, 5) is 72.7. The van der Waals surface area contributed by atoms with E-state index >= 15 is 4.79 Å². The summed E-state index contributed by atoms with van der Waals surface area (Å²) in [7, 11) is 0. The average Bonchev–Trinajstić information content (AvgIpc) is 0.820. The third-order valence-electron chi connectivity index (χ3n) is 23.1. The van der Waals surface area contributed by atoms with Gasteiger partial charge < -0.3 is 23.7 Å². The number of hydrogen-bond acceptors (Lipinski definition) is 10. The molecule has 0 aromatic carbocycles. The number of hydrogen-bond donors (Lipinski definition) is 0. The van der Waals surface area contributed by atoms with E-state index in [0.717, 1.165) is 116 Å². The van der Waals surface area contributed by atoms with Crippen molar-refractivity contribution < 1.29 is 47.7 Å². The van der Waals surface area contributed by atoms with E-state index in [9.17, 15) is 19.2 Å². The fourth-order valence-electron chi connectivity index (χ4n) is 15.7. The summed E-state index contributed by atoms with van der Waals surface area (Å²) in [6.07, 6.45) is 95.8. The van der Waals surface area contributed by atoms with Crippen LogP contribution in [0.2, 0.25) is 0 Å². The Bertz CT molecular complexity index is 1900. The Hall–Kier alpha value is -2.91. The number of carbonyl (C=O) groups excluding carboxylic acids is 5. The molecule has 0 saturated heterocycles. The highest BCUT2D eigenvalue weighted by atomic mass is 16.6. The molecule has 0 aliphatic rings. The minimum absolute atomic E-state index is 0.0968. The van der Waals surface area contributed by atoms with Crippen LogP contribution in [0.25, 0.3) is 0 Å². The van der Waals surface area contributed by atoms with Crippen LogP contribution in [-0.2, 0) is 47.7 Å². The van der Waals surface area contributed by atoms with Crippen molar-refractivity contribution in [1.29, 1.82) is 0 Å². The Labute approximate surface area is 678 Å². The highest BCUT2D eigenvalue weighted by molar-refractivity contribution is 5.87. The third kappa shape index (κ3) is 80.1. The van der Waals surface area contributed by atoms with E-state index in [0.29, 0.717) is 32.1 Å². The third-order valence-corrected chi connectivity index (χ3v) is 23.1. The standard InChI is InChI=1S/C99H188O10/c1-6-11-16-21-26-31-36-41-46-51-56-61-66-71-76-81-86-105-95(101)90-92(98(103)107-88-83-78-73-68-63-58-53-48-43-38-33-28-23-18-13-8-3)97(99(104)108-89-84-79-74-69-64-59-54-49-44-39-34-29-24-19-14-9-4)93(109-94(100)85-80-75-70-65-60-55-50-45-40-35-30-25-20-15-10-5)91-96(102)106-87-82-77-72-67-62-57-52-47-42-37-32-27-22-17-12-7-2/h45,50,92-93,97H,6-44,46-49,51-91H2,1-5H3/b50-45-. The highest BCUT2D eigenvalue weighted by Crippen LogP contribution is 2.31. The second-order valence-electron chi connectivity index (χ2n) is 33.9. The van der Waals surface area contributed by atoms with Gasteiger partial charge in [-0.15, -0.1) is 0 Å². The summed E-state index contributed by atoms with van der Waals surface area (Å²) >= 11 is 0. The van der Waals surface area contributed by atoms with Gasteiger partial charge in [-0.25, -0.2) is 0 Å². The largest absolute Gasteiger partial charge is 0.466 e. The Kier molecular flexibility index (Phi) is 88.2. The maximum atomic E-state index is 15.1. The van der Waals surface area contributed by atoms with Crippen LogP contribution in [0.4, 0.5) is 0 Å². The molecule has 644 valence electrons. The maximum absolute atomic E-state index is 15.1. The molecule has 3 atom stereocenters. The Morgan fingerprint density at radius 1 is 0.211 bits per heavy atom. The van der Waals surface area contributed by atoms with Crippen LogP contribution in [0.15, 0.2) is 12.2 Å². The van der Waals surface area contributed by atoms with Gasteiger partial charge in [-0.05, 0) is 57.8 Å². The second kappa shape index (κ2) is 90.6. The minimum Gasteiger partial charge on any atom is -0.466 e. The molecule has 0 aromatic heterocycles. The molecule has 0 spiro atoms. The van der Waals surface area contributed by atoms with Crippen LogP contribution in [0.1, 0.15) is 548 Å². The number of ether oxygens (including phenoxy) is 5. The lowest BCUT2D eigenvalue weighted by Crippen LogP contribution is -2.44. The molecule has 0 aliphatic heterocycles. The van der Waals surface area contributed by atoms with Gasteiger partial charge in [0.05, 0.1) is 45.2 Å². The molecular formula is C99H188O10. The zero-order valence-electron chi connectivity index (χ0n) is 73.9. The summed E-state index contributed by atoms with van der Waals surface area (Å²) in [5.41, 5.74) is 0. The van der Waals surface area contributed by atoms with Crippen molar-refractivity contribution in [2.75, 3.05) is 26.4 Å². The van der Waals surface area contributed by atoms with E-state index in [4.69, 9.17) is 23.7 Å². The zero-order chi connectivity index (χ0) is 79.0. The molecule has 0 fully saturated rings. The maximum Gasteiger partial charge on any atom is 0.313 e. The van der Waals surface area contributed by atoms with E-state index in [2.05, 4.69) is 46.8 Å². The van der Waals surface area contributed by atoms with Gasteiger partial charge in [0.25, 0.3) is 0 Å². The smallest absolute Gasteiger partial charge is 0.313 e. The van der Waals surface area contributed by atoms with E-state index < -0.39 is 60.6 Å². The normalized spacial score (nSPS) is 12.4. The lowest BCUT2D eigenvalue weighted by molar-refractivity contribution is -0.177. The van der Waals surface area contributed by atoms with Crippen molar-refractivity contribution in [2.24, 2.45) is 11.8 Å². The van der Waals surface area contributed by atoms with Crippen molar-refractivity contribution in [1.82, 2.24) is 0 Å². The van der Waals surface area contributed by atoms with Crippen LogP contribution >= 0.6 is 0 Å². The second-order valence-corrected chi connectivity index (χ2v) is 33.9. The first kappa shape index (κ1) is 106. The molecule has 0 N–H and O–H groups in total. The zero-order valence-corrected chi connectivity index (χ0v) is 73.9. The van der Waals surface area contributed by atoms with Crippen molar-refractivity contribution >= 4 is 29.8 Å². The van der Waals surface area contributed by atoms with Crippen LogP contribution in [-0.4, -0.2) is 62.4 Å². The SMILES string of the molecule is CCCCCCCC/C=C\CCCCCCCC(=O)OC(CC(=O)OCCCCCCCCCCCCCCCCCC)C(C(=O)OCCCCCCCCCCCCCCCCCC)C(CC(=O)OCCCCCCCCCCCCCCCCCC)C(=O)OCCCCCCCCCCCCCCCCCC. The van der Waals surface area contributed by atoms with Gasteiger partial charge in [0.2, 0.25) is 0 Å². The molecule has 0 aromatic rings. The number of rotatable bonds is 92. The summed E-state index contributed by atoms with van der Waals surface area (Å²) in [6, 6.07) is 0. The first-order valence-corrected chi connectivity index (χ1v) is 49.2. The molecule has 109 heavy (non-hydrogen) atoms. The summed E-state index contributed by atoms with van der Waals surface area (Å²) < 4.78 is 30.5. The Morgan fingerprint density at radius 2 is 0.413 bits per heavy atom. The molecule has 10 nitrogen and oxygen atoms in total. The minimum atomic E-state index is -1.50. The highest BCUT2D eigenvalue weighted by Gasteiger charge is 2.46. The predicted molar refractivity (Wildman–Crippen MR) is 468 cm³/mol. The van der Waals surface area contributed by atoms with E-state index in [1.807, 2.05) is 0 Å². The van der Waals surface area contributed by atoms with Gasteiger partial charge in [0, 0.05) is 6.42 Å². The quantitative estimate of drug-likeness (QED) is 0.0251. The van der Waals surface area contributed by atoms with Gasteiger partial charge in [-0.1, -0.05) is 483 Å². The topological polar surface area (TPSA) is 132 Å². The molecular weight excluding hydrogens is 1350 g/mol. The van der Waals surface area contributed by atoms with Crippen LogP contribution < -0.4 is 0 Å². The first-order valence-electron chi connectivity index (χ1n) is 49.2. The number of unbranched alkanes of at least 4 members (excludes halogenated alkanes) is 71. The predicted octanol–water partition coefficient (Wildman–Crippen LogP) is 32.2. The lowest BCUT2D eigenvalue weighted by Gasteiger charge is -2.30. The van der Waals surface area contributed by atoms with Gasteiger partial charge in [-0.3, -0.25) is 24.0 Å². The molecule has 0 heterocycles. The average molecular weight is 1540 g/mol. The summed E-state index contributed by atoms with van der Waals surface area (Å²) in [6.45, 7) is 12.0. The number of esters is 5.